The lowest BCUT2D eigenvalue weighted by Gasteiger charge is -2.03. The molecule has 2 N–H and O–H groups in total. The molecule has 0 atom stereocenters. The van der Waals surface area contributed by atoms with Crippen LogP contribution < -0.4 is 10.6 Å². The maximum Gasteiger partial charge on any atom is 0.271 e. The van der Waals surface area contributed by atoms with Crippen LogP contribution >= 0.6 is 23.1 Å². The lowest BCUT2D eigenvalue weighted by Crippen LogP contribution is -2.14. The SMILES string of the molecule is O=C(CSc1nnc(NC(=O)c2ccccc2)s1)Nc1cccc([N+](=O)[O-])c1. The molecule has 0 fully saturated rings. The van der Waals surface area contributed by atoms with E-state index in [0.29, 0.717) is 20.7 Å². The van der Waals surface area contributed by atoms with E-state index in [1.165, 1.54) is 18.2 Å². The molecule has 3 rings (SSSR count). The first-order chi connectivity index (χ1) is 13.5. The summed E-state index contributed by atoms with van der Waals surface area (Å²) < 4.78 is 0.512. The highest BCUT2D eigenvalue weighted by molar-refractivity contribution is 8.01. The molecule has 2 aromatic carbocycles. The second-order valence-corrected chi connectivity index (χ2v) is 7.54. The van der Waals surface area contributed by atoms with Gasteiger partial charge in [-0.3, -0.25) is 25.0 Å². The molecule has 9 nitrogen and oxygen atoms in total. The number of nitro groups is 1. The van der Waals surface area contributed by atoms with Gasteiger partial charge in [0.05, 0.1) is 10.7 Å². The average molecular weight is 415 g/mol. The fourth-order valence-corrected chi connectivity index (χ4v) is 3.65. The highest BCUT2D eigenvalue weighted by Crippen LogP contribution is 2.26. The standard InChI is InChI=1S/C17H13N5O4S2/c23-14(18-12-7-4-8-13(9-12)22(25)26)10-27-17-21-20-16(28-17)19-15(24)11-5-2-1-3-6-11/h1-9H,10H2,(H,18,23)(H,19,20,24). The molecule has 0 aliphatic carbocycles. The van der Waals surface area contributed by atoms with Crippen LogP contribution in [0.15, 0.2) is 58.9 Å². The monoisotopic (exact) mass is 415 g/mol. The number of rotatable bonds is 7. The van der Waals surface area contributed by atoms with Crippen molar-refractivity contribution in [2.24, 2.45) is 0 Å². The lowest BCUT2D eigenvalue weighted by atomic mass is 10.2. The summed E-state index contributed by atoms with van der Waals surface area (Å²) >= 11 is 2.30. The molecular weight excluding hydrogens is 402 g/mol. The summed E-state index contributed by atoms with van der Waals surface area (Å²) in [5.74, 6) is -0.587. The third-order valence-electron chi connectivity index (χ3n) is 3.33. The molecule has 0 saturated heterocycles. The molecule has 0 spiro atoms. The number of nitro benzene ring substituents is 1. The number of thioether (sulfide) groups is 1. The number of nitrogens with zero attached hydrogens (tertiary/aromatic N) is 3. The molecule has 0 radical (unpaired) electrons. The topological polar surface area (TPSA) is 127 Å². The van der Waals surface area contributed by atoms with E-state index in [2.05, 4.69) is 20.8 Å². The third kappa shape index (κ3) is 5.34. The first-order valence-corrected chi connectivity index (χ1v) is 9.68. The summed E-state index contributed by atoms with van der Waals surface area (Å²) in [6.45, 7) is 0. The van der Waals surface area contributed by atoms with Crippen LogP contribution in [0.5, 0.6) is 0 Å². The number of hydrogen-bond acceptors (Lipinski definition) is 8. The zero-order valence-electron chi connectivity index (χ0n) is 14.2. The number of carbonyl (C=O) groups excluding carboxylic acids is 2. The number of nitrogens with one attached hydrogen (secondary N) is 2. The first-order valence-electron chi connectivity index (χ1n) is 7.88. The van der Waals surface area contributed by atoms with Gasteiger partial charge in [0, 0.05) is 23.4 Å². The van der Waals surface area contributed by atoms with Crippen LogP contribution in [0.4, 0.5) is 16.5 Å². The normalized spacial score (nSPS) is 10.3. The van der Waals surface area contributed by atoms with Gasteiger partial charge in [0.25, 0.3) is 11.6 Å². The molecule has 0 unspecified atom stereocenters. The van der Waals surface area contributed by atoms with E-state index in [1.54, 1.807) is 30.3 Å². The highest BCUT2D eigenvalue weighted by Gasteiger charge is 2.12. The van der Waals surface area contributed by atoms with Gasteiger partial charge in [-0.25, -0.2) is 0 Å². The van der Waals surface area contributed by atoms with Gasteiger partial charge in [0.15, 0.2) is 4.34 Å². The number of hydrogen-bond donors (Lipinski definition) is 2. The number of anilines is 2. The van der Waals surface area contributed by atoms with E-state index in [0.717, 1.165) is 23.1 Å². The van der Waals surface area contributed by atoms with Gasteiger partial charge < -0.3 is 5.32 Å². The minimum atomic E-state index is -0.531. The summed E-state index contributed by atoms with van der Waals surface area (Å²) in [6.07, 6.45) is 0. The van der Waals surface area contributed by atoms with Gasteiger partial charge >= 0.3 is 0 Å². The number of aromatic nitrogens is 2. The molecule has 0 bridgehead atoms. The van der Waals surface area contributed by atoms with Gasteiger partial charge in [-0.15, -0.1) is 10.2 Å². The Morgan fingerprint density at radius 3 is 2.61 bits per heavy atom. The molecular formula is C17H13N5O4S2. The molecule has 28 heavy (non-hydrogen) atoms. The van der Waals surface area contributed by atoms with Crippen LogP contribution in [0.1, 0.15) is 10.4 Å². The smallest absolute Gasteiger partial charge is 0.271 e. The van der Waals surface area contributed by atoms with E-state index in [1.807, 2.05) is 6.07 Å². The Balaban J connectivity index is 1.51. The Kier molecular flexibility index (Phi) is 6.29. The molecule has 1 heterocycles. The summed E-state index contributed by atoms with van der Waals surface area (Å²) in [5, 5.41) is 24.1. The van der Waals surface area contributed by atoms with Crippen molar-refractivity contribution in [3.05, 3.63) is 70.3 Å². The van der Waals surface area contributed by atoms with Crippen LogP contribution in [0.25, 0.3) is 0 Å². The van der Waals surface area contributed by atoms with Crippen LogP contribution in [0.3, 0.4) is 0 Å². The van der Waals surface area contributed by atoms with Crippen molar-refractivity contribution in [1.82, 2.24) is 10.2 Å². The lowest BCUT2D eigenvalue weighted by molar-refractivity contribution is -0.384. The minimum Gasteiger partial charge on any atom is -0.325 e. The van der Waals surface area contributed by atoms with Crippen molar-refractivity contribution in [3.63, 3.8) is 0 Å². The van der Waals surface area contributed by atoms with E-state index < -0.39 is 4.92 Å². The van der Waals surface area contributed by atoms with Gasteiger partial charge in [0.2, 0.25) is 11.0 Å². The summed E-state index contributed by atoms with van der Waals surface area (Å²) in [6, 6.07) is 14.4. The van der Waals surface area contributed by atoms with Gasteiger partial charge in [-0.2, -0.15) is 0 Å². The molecule has 11 heteroatoms. The summed E-state index contributed by atoms with van der Waals surface area (Å²) in [4.78, 5) is 34.3. The zero-order chi connectivity index (χ0) is 19.9. The van der Waals surface area contributed by atoms with Gasteiger partial charge in [-0.1, -0.05) is 47.4 Å². The fraction of sp³-hybridized carbons (Fsp3) is 0.0588. The first kappa shape index (κ1) is 19.5. The molecule has 1 aromatic heterocycles. The van der Waals surface area contributed by atoms with Crippen LogP contribution in [-0.4, -0.2) is 32.7 Å². The Labute approximate surface area is 167 Å². The number of non-ortho nitro benzene ring substituents is 1. The second-order valence-electron chi connectivity index (χ2n) is 5.34. The van der Waals surface area contributed by atoms with E-state index in [-0.39, 0.29) is 23.3 Å². The Hall–Kier alpha value is -3.31. The highest BCUT2D eigenvalue weighted by atomic mass is 32.2. The van der Waals surface area contributed by atoms with Crippen LogP contribution in [0.2, 0.25) is 0 Å². The van der Waals surface area contributed by atoms with E-state index >= 15 is 0 Å². The number of benzene rings is 2. The Morgan fingerprint density at radius 1 is 1.07 bits per heavy atom. The molecule has 2 amide bonds. The quantitative estimate of drug-likeness (QED) is 0.262. The zero-order valence-corrected chi connectivity index (χ0v) is 15.8. The predicted molar refractivity (Wildman–Crippen MR) is 107 cm³/mol. The Bertz CT molecular complexity index is 1010. The van der Waals surface area contributed by atoms with Crippen molar-refractivity contribution < 1.29 is 14.5 Å². The van der Waals surface area contributed by atoms with Crippen molar-refractivity contribution in [3.8, 4) is 0 Å². The second kappa shape index (κ2) is 9.06. The maximum absolute atomic E-state index is 12.1. The molecule has 3 aromatic rings. The van der Waals surface area contributed by atoms with Crippen LogP contribution in [-0.2, 0) is 4.79 Å². The van der Waals surface area contributed by atoms with Gasteiger partial charge in [0.1, 0.15) is 0 Å². The van der Waals surface area contributed by atoms with Crippen molar-refractivity contribution in [2.45, 2.75) is 4.34 Å². The fourth-order valence-electron chi connectivity index (χ4n) is 2.10. The maximum atomic E-state index is 12.1. The minimum absolute atomic E-state index is 0.0456. The van der Waals surface area contributed by atoms with Crippen molar-refractivity contribution in [2.75, 3.05) is 16.4 Å². The molecule has 0 aliphatic rings. The molecule has 0 aliphatic heterocycles. The number of amides is 2. The predicted octanol–water partition coefficient (Wildman–Crippen LogP) is 3.43. The van der Waals surface area contributed by atoms with Crippen LogP contribution in [0, 0.1) is 10.1 Å². The molecule has 0 saturated carbocycles. The summed E-state index contributed by atoms with van der Waals surface area (Å²) in [5.41, 5.74) is 0.740. The largest absolute Gasteiger partial charge is 0.325 e. The van der Waals surface area contributed by atoms with E-state index in [4.69, 9.17) is 0 Å². The summed E-state index contributed by atoms with van der Waals surface area (Å²) in [7, 11) is 0. The third-order valence-corrected chi connectivity index (χ3v) is 5.30. The van der Waals surface area contributed by atoms with Crippen molar-refractivity contribution in [1.29, 1.82) is 0 Å². The van der Waals surface area contributed by atoms with E-state index in [9.17, 15) is 19.7 Å². The Morgan fingerprint density at radius 2 is 1.86 bits per heavy atom. The average Bonchev–Trinajstić information content (AvgIpc) is 3.14. The van der Waals surface area contributed by atoms with Crippen molar-refractivity contribution >= 4 is 51.4 Å². The number of carbonyl (C=O) groups is 2. The molecule has 142 valence electrons. The van der Waals surface area contributed by atoms with Gasteiger partial charge in [-0.05, 0) is 18.2 Å².